The number of rotatable bonds is 4. The van der Waals surface area contributed by atoms with Gasteiger partial charge < -0.3 is 5.73 Å². The summed E-state index contributed by atoms with van der Waals surface area (Å²) >= 11 is 11.6. The molecule has 1 amide bonds. The molecule has 0 bridgehead atoms. The molecule has 0 fully saturated rings. The van der Waals surface area contributed by atoms with E-state index < -0.39 is 0 Å². The SMILES string of the molecule is NC(=O)CCCc1cc(Cl)cc(Cl)c1. The molecule has 14 heavy (non-hydrogen) atoms. The lowest BCUT2D eigenvalue weighted by atomic mass is 10.1. The van der Waals surface area contributed by atoms with Gasteiger partial charge in [0.05, 0.1) is 0 Å². The standard InChI is InChI=1S/C10H11Cl2NO/c11-8-4-7(5-9(12)6-8)2-1-3-10(13)14/h4-6H,1-3H2,(H2,13,14). The lowest BCUT2D eigenvalue weighted by molar-refractivity contribution is -0.118. The van der Waals surface area contributed by atoms with Crippen molar-refractivity contribution >= 4 is 29.1 Å². The van der Waals surface area contributed by atoms with Crippen LogP contribution in [-0.2, 0) is 11.2 Å². The number of aryl methyl sites for hydroxylation is 1. The lowest BCUT2D eigenvalue weighted by Gasteiger charge is -2.01. The van der Waals surface area contributed by atoms with Crippen LogP contribution in [-0.4, -0.2) is 5.91 Å². The van der Waals surface area contributed by atoms with Gasteiger partial charge in [-0.05, 0) is 36.6 Å². The maximum absolute atomic E-state index is 10.5. The molecule has 0 aliphatic rings. The van der Waals surface area contributed by atoms with E-state index in [-0.39, 0.29) is 5.91 Å². The minimum Gasteiger partial charge on any atom is -0.370 e. The molecule has 76 valence electrons. The van der Waals surface area contributed by atoms with Gasteiger partial charge in [0.1, 0.15) is 0 Å². The van der Waals surface area contributed by atoms with Gasteiger partial charge in [0, 0.05) is 16.5 Å². The first-order chi connectivity index (χ1) is 6.58. The number of benzene rings is 1. The third-order valence-electron chi connectivity index (χ3n) is 1.81. The molecule has 0 saturated carbocycles. The highest BCUT2D eigenvalue weighted by atomic mass is 35.5. The van der Waals surface area contributed by atoms with Crippen molar-refractivity contribution in [1.82, 2.24) is 0 Å². The largest absolute Gasteiger partial charge is 0.370 e. The summed E-state index contributed by atoms with van der Waals surface area (Å²) in [5.41, 5.74) is 6.06. The van der Waals surface area contributed by atoms with Crippen LogP contribution in [0.4, 0.5) is 0 Å². The van der Waals surface area contributed by atoms with Gasteiger partial charge in [0.2, 0.25) is 5.91 Å². The monoisotopic (exact) mass is 231 g/mol. The molecule has 0 spiro atoms. The van der Waals surface area contributed by atoms with Gasteiger partial charge in [0.15, 0.2) is 0 Å². The topological polar surface area (TPSA) is 43.1 Å². The average molecular weight is 232 g/mol. The predicted octanol–water partition coefficient (Wildman–Crippen LogP) is 2.80. The van der Waals surface area contributed by atoms with E-state index in [2.05, 4.69) is 0 Å². The van der Waals surface area contributed by atoms with Gasteiger partial charge >= 0.3 is 0 Å². The maximum Gasteiger partial charge on any atom is 0.217 e. The van der Waals surface area contributed by atoms with Crippen molar-refractivity contribution < 1.29 is 4.79 Å². The molecule has 0 aromatic heterocycles. The minimum atomic E-state index is -0.280. The molecule has 0 saturated heterocycles. The summed E-state index contributed by atoms with van der Waals surface area (Å²) in [5.74, 6) is -0.280. The Bertz CT molecular complexity index is 319. The Labute approximate surface area is 93.0 Å². The summed E-state index contributed by atoms with van der Waals surface area (Å²) in [4.78, 5) is 10.5. The van der Waals surface area contributed by atoms with Crippen LogP contribution >= 0.6 is 23.2 Å². The van der Waals surface area contributed by atoms with Gasteiger partial charge in [-0.15, -0.1) is 0 Å². The predicted molar refractivity (Wildman–Crippen MR) is 58.6 cm³/mol. The van der Waals surface area contributed by atoms with Gasteiger partial charge in [-0.25, -0.2) is 0 Å². The fourth-order valence-corrected chi connectivity index (χ4v) is 1.79. The molecule has 0 heterocycles. The number of carbonyl (C=O) groups excluding carboxylic acids is 1. The first kappa shape index (κ1) is 11.3. The average Bonchev–Trinajstić information content (AvgIpc) is 2.01. The molecule has 0 aliphatic carbocycles. The molecule has 0 atom stereocenters. The molecular formula is C10H11Cl2NO. The van der Waals surface area contributed by atoms with Gasteiger partial charge in [-0.3, -0.25) is 4.79 Å². The van der Waals surface area contributed by atoms with Crippen LogP contribution in [0, 0.1) is 0 Å². The zero-order valence-electron chi connectivity index (χ0n) is 7.59. The van der Waals surface area contributed by atoms with E-state index in [1.807, 2.05) is 12.1 Å². The number of amides is 1. The van der Waals surface area contributed by atoms with Crippen molar-refractivity contribution in [2.75, 3.05) is 0 Å². The quantitative estimate of drug-likeness (QED) is 0.852. The van der Waals surface area contributed by atoms with Gasteiger partial charge in [0.25, 0.3) is 0 Å². The van der Waals surface area contributed by atoms with Gasteiger partial charge in [-0.2, -0.15) is 0 Å². The Morgan fingerprint density at radius 1 is 1.21 bits per heavy atom. The fraction of sp³-hybridized carbons (Fsp3) is 0.300. The Morgan fingerprint density at radius 2 is 1.79 bits per heavy atom. The van der Waals surface area contributed by atoms with Crippen LogP contribution in [0.2, 0.25) is 10.0 Å². The van der Waals surface area contributed by atoms with Crippen LogP contribution in [0.3, 0.4) is 0 Å². The van der Waals surface area contributed by atoms with Crippen molar-refractivity contribution in [3.8, 4) is 0 Å². The van der Waals surface area contributed by atoms with E-state index >= 15 is 0 Å². The molecule has 2 N–H and O–H groups in total. The number of carbonyl (C=O) groups is 1. The second kappa shape index (κ2) is 5.23. The van der Waals surface area contributed by atoms with Crippen LogP contribution in [0.25, 0.3) is 0 Å². The van der Waals surface area contributed by atoms with E-state index in [0.29, 0.717) is 16.5 Å². The van der Waals surface area contributed by atoms with Crippen LogP contribution in [0.5, 0.6) is 0 Å². The minimum absolute atomic E-state index is 0.280. The van der Waals surface area contributed by atoms with Crippen molar-refractivity contribution in [2.45, 2.75) is 19.3 Å². The number of nitrogens with two attached hydrogens (primary N) is 1. The van der Waals surface area contributed by atoms with E-state index in [4.69, 9.17) is 28.9 Å². The summed E-state index contributed by atoms with van der Waals surface area (Å²) in [6.45, 7) is 0. The van der Waals surface area contributed by atoms with E-state index in [0.717, 1.165) is 18.4 Å². The molecular weight excluding hydrogens is 221 g/mol. The number of primary amides is 1. The highest BCUT2D eigenvalue weighted by Gasteiger charge is 2.00. The Balaban J connectivity index is 2.54. The van der Waals surface area contributed by atoms with Crippen molar-refractivity contribution in [2.24, 2.45) is 5.73 Å². The third-order valence-corrected chi connectivity index (χ3v) is 2.25. The summed E-state index contributed by atoms with van der Waals surface area (Å²) in [6, 6.07) is 5.36. The molecule has 1 rings (SSSR count). The molecule has 0 unspecified atom stereocenters. The van der Waals surface area contributed by atoms with Crippen LogP contribution < -0.4 is 5.73 Å². The number of hydrogen-bond donors (Lipinski definition) is 1. The smallest absolute Gasteiger partial charge is 0.217 e. The number of halogens is 2. The Morgan fingerprint density at radius 3 is 2.29 bits per heavy atom. The van der Waals surface area contributed by atoms with E-state index in [9.17, 15) is 4.79 Å². The maximum atomic E-state index is 10.5. The summed E-state index contributed by atoms with van der Waals surface area (Å²) in [6.07, 6.45) is 1.89. The van der Waals surface area contributed by atoms with Crippen molar-refractivity contribution in [1.29, 1.82) is 0 Å². The first-order valence-corrected chi connectivity index (χ1v) is 5.07. The molecule has 0 aliphatic heterocycles. The number of hydrogen-bond acceptors (Lipinski definition) is 1. The first-order valence-electron chi connectivity index (χ1n) is 4.31. The highest BCUT2D eigenvalue weighted by Crippen LogP contribution is 2.20. The third kappa shape index (κ3) is 3.99. The normalized spacial score (nSPS) is 10.1. The zero-order chi connectivity index (χ0) is 10.6. The lowest BCUT2D eigenvalue weighted by Crippen LogP contribution is -2.10. The fourth-order valence-electron chi connectivity index (χ4n) is 1.22. The van der Waals surface area contributed by atoms with Gasteiger partial charge in [-0.1, -0.05) is 23.2 Å². The Kier molecular flexibility index (Phi) is 4.23. The van der Waals surface area contributed by atoms with Crippen molar-refractivity contribution in [3.05, 3.63) is 33.8 Å². The van der Waals surface area contributed by atoms with Crippen molar-refractivity contribution in [3.63, 3.8) is 0 Å². The second-order valence-electron chi connectivity index (χ2n) is 3.10. The Hall–Kier alpha value is -0.730. The summed E-state index contributed by atoms with van der Waals surface area (Å²) in [7, 11) is 0. The second-order valence-corrected chi connectivity index (χ2v) is 3.97. The zero-order valence-corrected chi connectivity index (χ0v) is 9.11. The summed E-state index contributed by atoms with van der Waals surface area (Å²) < 4.78 is 0. The van der Waals surface area contributed by atoms with Crippen LogP contribution in [0.1, 0.15) is 18.4 Å². The molecule has 2 nitrogen and oxygen atoms in total. The molecule has 0 radical (unpaired) electrons. The van der Waals surface area contributed by atoms with E-state index in [1.54, 1.807) is 6.07 Å². The molecule has 1 aromatic carbocycles. The van der Waals surface area contributed by atoms with E-state index in [1.165, 1.54) is 0 Å². The molecule has 4 heteroatoms. The molecule has 1 aromatic rings. The summed E-state index contributed by atoms with van der Waals surface area (Å²) in [5, 5.41) is 1.23. The highest BCUT2D eigenvalue weighted by molar-refractivity contribution is 6.34. The van der Waals surface area contributed by atoms with Crippen LogP contribution in [0.15, 0.2) is 18.2 Å².